The van der Waals surface area contributed by atoms with Gasteiger partial charge in [-0.2, -0.15) is 0 Å². The van der Waals surface area contributed by atoms with Gasteiger partial charge in [0.25, 0.3) is 5.56 Å². The van der Waals surface area contributed by atoms with E-state index in [1.54, 1.807) is 12.1 Å². The molecule has 2 rings (SSSR count). The molecular weight excluding hydrogens is 290 g/mol. The first-order valence-electron chi connectivity index (χ1n) is 6.77. The van der Waals surface area contributed by atoms with Crippen molar-refractivity contribution in [3.8, 4) is 5.69 Å². The Morgan fingerprint density at radius 3 is 2.62 bits per heavy atom. The Bertz CT molecular complexity index is 762. The lowest BCUT2D eigenvalue weighted by atomic mass is 10.2. The van der Waals surface area contributed by atoms with E-state index in [1.807, 2.05) is 38.1 Å². The van der Waals surface area contributed by atoms with Gasteiger partial charge < -0.3 is 4.90 Å². The quantitative estimate of drug-likeness (QED) is 0.881. The molecule has 0 saturated carbocycles. The Kier molecular flexibility index (Phi) is 4.53. The van der Waals surface area contributed by atoms with Crippen LogP contribution < -0.4 is 16.1 Å². The van der Waals surface area contributed by atoms with Gasteiger partial charge >= 0.3 is 5.69 Å². The van der Waals surface area contributed by atoms with Crippen LogP contribution in [0.4, 0.5) is 5.69 Å². The van der Waals surface area contributed by atoms with Gasteiger partial charge in [0.1, 0.15) is 5.15 Å². The minimum Gasteiger partial charge on any atom is -0.378 e. The van der Waals surface area contributed by atoms with Gasteiger partial charge in [-0.05, 0) is 24.6 Å². The Morgan fingerprint density at radius 2 is 2.00 bits per heavy atom. The average Bonchev–Trinajstić information content (AvgIpc) is 2.43. The topological polar surface area (TPSA) is 58.1 Å². The van der Waals surface area contributed by atoms with Crippen molar-refractivity contribution in [1.82, 2.24) is 9.55 Å². The van der Waals surface area contributed by atoms with Crippen LogP contribution >= 0.6 is 11.6 Å². The summed E-state index contributed by atoms with van der Waals surface area (Å²) in [6.07, 6.45) is 1.31. The van der Waals surface area contributed by atoms with Crippen molar-refractivity contribution in [2.24, 2.45) is 0 Å². The van der Waals surface area contributed by atoms with E-state index in [0.29, 0.717) is 17.7 Å². The summed E-state index contributed by atoms with van der Waals surface area (Å²) in [4.78, 5) is 29.1. The predicted molar refractivity (Wildman–Crippen MR) is 86.0 cm³/mol. The smallest absolute Gasteiger partial charge is 0.334 e. The molecule has 0 unspecified atom stereocenters. The number of hydrogen-bond donors (Lipinski definition) is 1. The molecule has 1 aromatic heterocycles. The third-order valence-electron chi connectivity index (χ3n) is 3.25. The average molecular weight is 308 g/mol. The molecule has 2 aromatic rings. The van der Waals surface area contributed by atoms with E-state index in [4.69, 9.17) is 11.6 Å². The lowest BCUT2D eigenvalue weighted by molar-refractivity contribution is 0.811. The van der Waals surface area contributed by atoms with Crippen LogP contribution in [-0.2, 0) is 6.42 Å². The molecule has 112 valence electrons. The van der Waals surface area contributed by atoms with Crippen molar-refractivity contribution >= 4 is 17.3 Å². The van der Waals surface area contributed by atoms with Gasteiger partial charge in [0.15, 0.2) is 0 Å². The molecule has 0 radical (unpaired) electrons. The van der Waals surface area contributed by atoms with Crippen molar-refractivity contribution in [3.63, 3.8) is 0 Å². The number of anilines is 1. The normalized spacial score (nSPS) is 10.7. The summed E-state index contributed by atoms with van der Waals surface area (Å²) in [7, 11) is 3.80. The molecule has 1 aromatic carbocycles. The molecule has 0 fully saturated rings. The fraction of sp³-hybridized carbons (Fsp3) is 0.333. The van der Waals surface area contributed by atoms with Crippen molar-refractivity contribution in [2.45, 2.75) is 19.8 Å². The zero-order valence-electron chi connectivity index (χ0n) is 12.3. The molecule has 0 spiro atoms. The Labute approximate surface area is 127 Å². The summed E-state index contributed by atoms with van der Waals surface area (Å²) in [5, 5.41) is 0.131. The maximum Gasteiger partial charge on any atom is 0.334 e. The zero-order chi connectivity index (χ0) is 15.6. The zero-order valence-corrected chi connectivity index (χ0v) is 13.1. The molecule has 0 aliphatic heterocycles. The molecule has 1 heterocycles. The van der Waals surface area contributed by atoms with Gasteiger partial charge in [-0.3, -0.25) is 9.78 Å². The molecular formula is C15H18ClN3O2. The molecule has 1 N–H and O–H groups in total. The Balaban J connectivity index is 2.69. The molecule has 0 aliphatic carbocycles. The fourth-order valence-corrected chi connectivity index (χ4v) is 2.41. The van der Waals surface area contributed by atoms with Crippen molar-refractivity contribution in [2.75, 3.05) is 19.0 Å². The summed E-state index contributed by atoms with van der Waals surface area (Å²) < 4.78 is 1.13. The molecule has 5 nitrogen and oxygen atoms in total. The molecule has 0 saturated heterocycles. The lowest BCUT2D eigenvalue weighted by Gasteiger charge is -2.14. The highest BCUT2D eigenvalue weighted by molar-refractivity contribution is 6.30. The third-order valence-corrected chi connectivity index (χ3v) is 3.57. The predicted octanol–water partition coefficient (Wildman–Crippen LogP) is 2.20. The van der Waals surface area contributed by atoms with Gasteiger partial charge in [-0.25, -0.2) is 9.36 Å². The van der Waals surface area contributed by atoms with Crippen LogP contribution in [0.15, 0.2) is 33.9 Å². The van der Waals surface area contributed by atoms with E-state index < -0.39 is 5.69 Å². The number of aromatic nitrogens is 2. The highest BCUT2D eigenvalue weighted by Gasteiger charge is 2.13. The number of H-pyrrole nitrogens is 1. The monoisotopic (exact) mass is 307 g/mol. The van der Waals surface area contributed by atoms with Gasteiger partial charge in [0.2, 0.25) is 0 Å². The van der Waals surface area contributed by atoms with Crippen LogP contribution in [0.5, 0.6) is 0 Å². The molecule has 0 aliphatic rings. The van der Waals surface area contributed by atoms with Gasteiger partial charge in [-0.15, -0.1) is 0 Å². The maximum atomic E-state index is 12.5. The van der Waals surface area contributed by atoms with Crippen LogP contribution in [-0.4, -0.2) is 23.6 Å². The van der Waals surface area contributed by atoms with Crippen LogP contribution in [0.2, 0.25) is 5.15 Å². The second kappa shape index (κ2) is 6.18. The van der Waals surface area contributed by atoms with E-state index in [0.717, 1.165) is 16.7 Å². The summed E-state index contributed by atoms with van der Waals surface area (Å²) in [6, 6.07) is 7.24. The van der Waals surface area contributed by atoms with Crippen molar-refractivity contribution in [1.29, 1.82) is 0 Å². The van der Waals surface area contributed by atoms with Crippen LogP contribution in [0, 0.1) is 0 Å². The number of benzene rings is 1. The number of hydrogen-bond acceptors (Lipinski definition) is 3. The molecule has 0 bridgehead atoms. The first-order valence-corrected chi connectivity index (χ1v) is 7.15. The minimum atomic E-state index is -0.527. The van der Waals surface area contributed by atoms with Gasteiger partial charge in [-0.1, -0.05) is 31.0 Å². The molecule has 6 heteroatoms. The molecule has 0 atom stereocenters. The first kappa shape index (κ1) is 15.4. The van der Waals surface area contributed by atoms with Crippen molar-refractivity contribution in [3.05, 3.63) is 55.8 Å². The van der Waals surface area contributed by atoms with Crippen molar-refractivity contribution < 1.29 is 0 Å². The molecule has 21 heavy (non-hydrogen) atoms. The number of halogens is 1. The minimum absolute atomic E-state index is 0.131. The lowest BCUT2D eigenvalue weighted by Crippen LogP contribution is -2.36. The van der Waals surface area contributed by atoms with Gasteiger partial charge in [0, 0.05) is 19.8 Å². The fourth-order valence-electron chi connectivity index (χ4n) is 2.16. The highest BCUT2D eigenvalue weighted by Crippen LogP contribution is 2.16. The highest BCUT2D eigenvalue weighted by atomic mass is 35.5. The summed E-state index contributed by atoms with van der Waals surface area (Å²) in [5.74, 6) is 0. The van der Waals surface area contributed by atoms with Crippen LogP contribution in [0.25, 0.3) is 5.69 Å². The second-order valence-electron chi connectivity index (χ2n) is 5.03. The Morgan fingerprint density at radius 1 is 1.29 bits per heavy atom. The third kappa shape index (κ3) is 3.03. The second-order valence-corrected chi connectivity index (χ2v) is 5.41. The summed E-state index contributed by atoms with van der Waals surface area (Å²) in [6.45, 7) is 1.96. The first-order chi connectivity index (χ1) is 9.95. The molecule has 0 amide bonds. The number of rotatable bonds is 4. The van der Waals surface area contributed by atoms with Crippen LogP contribution in [0.3, 0.4) is 0 Å². The maximum absolute atomic E-state index is 12.5. The Hall–Kier alpha value is -2.01. The number of aromatic amines is 1. The van der Waals surface area contributed by atoms with E-state index in [-0.39, 0.29) is 10.7 Å². The summed E-state index contributed by atoms with van der Waals surface area (Å²) >= 11 is 5.98. The van der Waals surface area contributed by atoms with Gasteiger partial charge in [0.05, 0.1) is 11.3 Å². The van der Waals surface area contributed by atoms with E-state index >= 15 is 0 Å². The SMILES string of the molecule is CCCc1c(Cl)[nH]c(=O)n(-c2cccc(N(C)C)c2)c1=O. The van der Waals surface area contributed by atoms with E-state index in [9.17, 15) is 9.59 Å². The standard InChI is InChI=1S/C15H18ClN3O2/c1-4-6-12-13(16)17-15(21)19(14(12)20)11-8-5-7-10(9-11)18(2)3/h5,7-9H,4,6H2,1-3H3,(H,17,21). The number of nitrogens with zero attached hydrogens (tertiary/aromatic N) is 2. The largest absolute Gasteiger partial charge is 0.378 e. The van der Waals surface area contributed by atoms with E-state index in [2.05, 4.69) is 4.98 Å². The number of nitrogens with one attached hydrogen (secondary N) is 1. The summed E-state index contributed by atoms with van der Waals surface area (Å²) in [5.41, 5.74) is 0.989. The van der Waals surface area contributed by atoms with Crippen LogP contribution in [0.1, 0.15) is 18.9 Å². The van der Waals surface area contributed by atoms with E-state index in [1.165, 1.54) is 0 Å².